The highest BCUT2D eigenvalue weighted by atomic mass is 16.6. The number of nitrogens with zero attached hydrogens (tertiary/aromatic N) is 2. The number of hydrogen-bond acceptors (Lipinski definition) is 8. The van der Waals surface area contributed by atoms with E-state index in [1.807, 2.05) is 4.98 Å². The van der Waals surface area contributed by atoms with E-state index in [1.54, 1.807) is 0 Å². The number of aliphatic hydroxyl groups excluding tert-OH is 3. The van der Waals surface area contributed by atoms with Crippen molar-refractivity contribution in [2.75, 3.05) is 11.5 Å². The average Bonchev–Trinajstić information content (AvgIpc) is 3.01. The number of carbonyl (C=O) groups excluding carboxylic acids is 2. The second-order valence-electron chi connectivity index (χ2n) is 5.25. The second-order valence-corrected chi connectivity index (χ2v) is 5.25. The molecule has 0 radical (unpaired) electrons. The summed E-state index contributed by atoms with van der Waals surface area (Å²) in [6, 6.07) is 0. The summed E-state index contributed by atoms with van der Waals surface area (Å²) in [4.78, 5) is 49.7. The van der Waals surface area contributed by atoms with Crippen LogP contribution in [0.3, 0.4) is 0 Å². The molecule has 0 spiro atoms. The van der Waals surface area contributed by atoms with Crippen LogP contribution in [-0.2, 0) is 14.3 Å². The summed E-state index contributed by atoms with van der Waals surface area (Å²) in [5.41, 5.74) is -2.40. The third-order valence-electron chi connectivity index (χ3n) is 3.79. The van der Waals surface area contributed by atoms with E-state index in [9.17, 15) is 29.4 Å². The number of hydrogen-bond donors (Lipinski definition) is 4. The molecule has 11 nitrogen and oxygen atoms in total. The molecule has 2 aliphatic heterocycles. The van der Waals surface area contributed by atoms with E-state index in [0.717, 1.165) is 22.9 Å². The van der Waals surface area contributed by atoms with Crippen molar-refractivity contribution in [2.45, 2.75) is 24.5 Å². The largest absolute Gasteiger partial charge is 0.394 e. The lowest BCUT2D eigenvalue weighted by Crippen LogP contribution is -2.42. The Kier molecular flexibility index (Phi) is 3.93. The van der Waals surface area contributed by atoms with Crippen LogP contribution in [0, 0.1) is 0 Å². The zero-order valence-corrected chi connectivity index (χ0v) is 12.0. The molecule has 1 fully saturated rings. The van der Waals surface area contributed by atoms with E-state index in [0.29, 0.717) is 4.90 Å². The van der Waals surface area contributed by atoms with Crippen LogP contribution < -0.4 is 16.1 Å². The predicted molar refractivity (Wildman–Crippen MR) is 76.0 cm³/mol. The highest BCUT2D eigenvalue weighted by molar-refractivity contribution is 6.27. The van der Waals surface area contributed by atoms with Crippen LogP contribution in [-0.4, -0.2) is 61.6 Å². The summed E-state index contributed by atoms with van der Waals surface area (Å²) in [5.74, 6) is -1.53. The molecule has 11 heteroatoms. The molecule has 2 aliphatic rings. The number of aliphatic hydroxyl groups is 3. The van der Waals surface area contributed by atoms with Gasteiger partial charge in [-0.3, -0.25) is 23.9 Å². The monoisotopic (exact) mass is 339 g/mol. The van der Waals surface area contributed by atoms with Crippen molar-refractivity contribution >= 4 is 17.5 Å². The number of H-pyrrole nitrogens is 1. The lowest BCUT2D eigenvalue weighted by Gasteiger charge is -2.20. The van der Waals surface area contributed by atoms with Gasteiger partial charge in [-0.15, -0.1) is 0 Å². The minimum atomic E-state index is -1.57. The van der Waals surface area contributed by atoms with E-state index in [-0.39, 0.29) is 0 Å². The summed E-state index contributed by atoms with van der Waals surface area (Å²) in [5, 5.41) is 28.8. The first-order valence-electron chi connectivity index (χ1n) is 6.89. The highest BCUT2D eigenvalue weighted by Crippen LogP contribution is 2.28. The molecule has 0 bridgehead atoms. The van der Waals surface area contributed by atoms with Crippen LogP contribution in [0.1, 0.15) is 6.23 Å². The molecule has 4 N–H and O–H groups in total. The van der Waals surface area contributed by atoms with Gasteiger partial charge in [0.2, 0.25) is 0 Å². The summed E-state index contributed by atoms with van der Waals surface area (Å²) in [6.07, 6.45) is -2.77. The molecule has 1 aromatic rings. The molecule has 0 saturated carbocycles. The van der Waals surface area contributed by atoms with Gasteiger partial charge in [-0.25, -0.2) is 9.69 Å². The molecule has 0 aromatic carbocycles. The van der Waals surface area contributed by atoms with Gasteiger partial charge in [0, 0.05) is 18.3 Å². The summed E-state index contributed by atoms with van der Waals surface area (Å²) in [6.45, 7) is -0.604. The Labute approximate surface area is 133 Å². The molecule has 0 aliphatic carbocycles. The summed E-state index contributed by atoms with van der Waals surface area (Å²) in [7, 11) is 0. The SMILES string of the molecule is O=C1C=CC(=O)N1c1cn([C@@H]2O[C@H](CO)[C@@H](O)[C@H]2O)c(=O)[nH]c1=O. The fourth-order valence-electron chi connectivity index (χ4n) is 2.57. The Balaban J connectivity index is 2.06. The molecule has 1 saturated heterocycles. The molecule has 2 amide bonds. The van der Waals surface area contributed by atoms with Gasteiger partial charge in [-0.2, -0.15) is 0 Å². The van der Waals surface area contributed by atoms with Gasteiger partial charge in [-0.1, -0.05) is 0 Å². The number of imide groups is 1. The molecule has 24 heavy (non-hydrogen) atoms. The zero-order chi connectivity index (χ0) is 17.6. The first kappa shape index (κ1) is 16.3. The number of nitrogens with one attached hydrogen (secondary N) is 1. The Morgan fingerprint density at radius 1 is 1.08 bits per heavy atom. The number of aromatic nitrogens is 2. The van der Waals surface area contributed by atoms with Crippen LogP contribution in [0.5, 0.6) is 0 Å². The highest BCUT2D eigenvalue weighted by Gasteiger charge is 2.44. The lowest BCUT2D eigenvalue weighted by molar-refractivity contribution is -0.120. The van der Waals surface area contributed by atoms with Crippen LogP contribution in [0.15, 0.2) is 27.9 Å². The van der Waals surface area contributed by atoms with Gasteiger partial charge in [0.1, 0.15) is 24.0 Å². The van der Waals surface area contributed by atoms with Crippen LogP contribution in [0.4, 0.5) is 5.69 Å². The van der Waals surface area contributed by atoms with Crippen LogP contribution in [0.2, 0.25) is 0 Å². The number of aromatic amines is 1. The van der Waals surface area contributed by atoms with Crippen molar-refractivity contribution in [3.05, 3.63) is 39.2 Å². The van der Waals surface area contributed by atoms with E-state index < -0.39 is 59.9 Å². The number of ether oxygens (including phenoxy) is 1. The number of carbonyl (C=O) groups is 2. The van der Waals surface area contributed by atoms with E-state index in [4.69, 9.17) is 9.84 Å². The Morgan fingerprint density at radius 3 is 2.25 bits per heavy atom. The van der Waals surface area contributed by atoms with Gasteiger partial charge >= 0.3 is 5.69 Å². The van der Waals surface area contributed by atoms with Crippen molar-refractivity contribution in [3.8, 4) is 0 Å². The van der Waals surface area contributed by atoms with Crippen molar-refractivity contribution in [1.29, 1.82) is 0 Å². The molecule has 128 valence electrons. The molecule has 0 unspecified atom stereocenters. The normalized spacial score (nSPS) is 29.7. The number of rotatable bonds is 3. The maximum absolute atomic E-state index is 12.0. The minimum absolute atomic E-state index is 0.438. The van der Waals surface area contributed by atoms with Gasteiger partial charge in [0.25, 0.3) is 17.4 Å². The number of amides is 2. The van der Waals surface area contributed by atoms with Crippen LogP contribution >= 0.6 is 0 Å². The minimum Gasteiger partial charge on any atom is -0.394 e. The van der Waals surface area contributed by atoms with Crippen LogP contribution in [0.25, 0.3) is 0 Å². The molecule has 3 rings (SSSR count). The maximum Gasteiger partial charge on any atom is 0.330 e. The Bertz CT molecular complexity index is 822. The zero-order valence-electron chi connectivity index (χ0n) is 12.0. The van der Waals surface area contributed by atoms with Crippen molar-refractivity contribution in [2.24, 2.45) is 0 Å². The van der Waals surface area contributed by atoms with E-state index in [1.165, 1.54) is 0 Å². The fourth-order valence-corrected chi connectivity index (χ4v) is 2.57. The van der Waals surface area contributed by atoms with Crippen molar-refractivity contribution in [3.63, 3.8) is 0 Å². The second kappa shape index (κ2) is 5.79. The smallest absolute Gasteiger partial charge is 0.330 e. The average molecular weight is 339 g/mol. The Morgan fingerprint density at radius 2 is 1.71 bits per heavy atom. The van der Waals surface area contributed by atoms with E-state index >= 15 is 0 Å². The summed E-state index contributed by atoms with van der Waals surface area (Å²) < 4.78 is 5.94. The Hall–Kier alpha value is -2.60. The first-order chi connectivity index (χ1) is 11.3. The fraction of sp³-hybridized carbons (Fsp3) is 0.385. The van der Waals surface area contributed by atoms with Gasteiger partial charge in [0.15, 0.2) is 6.23 Å². The quantitative estimate of drug-likeness (QED) is 0.414. The summed E-state index contributed by atoms with van der Waals surface area (Å²) >= 11 is 0. The van der Waals surface area contributed by atoms with Crippen molar-refractivity contribution < 1.29 is 29.6 Å². The topological polar surface area (TPSA) is 162 Å². The molecular weight excluding hydrogens is 326 g/mol. The molecule has 3 heterocycles. The predicted octanol–water partition coefficient (Wildman–Crippen LogP) is -3.42. The lowest BCUT2D eigenvalue weighted by atomic mass is 10.1. The third kappa shape index (κ3) is 2.39. The van der Waals surface area contributed by atoms with Gasteiger partial charge < -0.3 is 20.1 Å². The first-order valence-corrected chi connectivity index (χ1v) is 6.89. The molecule has 4 atom stereocenters. The maximum atomic E-state index is 12.0. The van der Waals surface area contributed by atoms with Gasteiger partial charge in [-0.05, 0) is 0 Å². The number of anilines is 1. The third-order valence-corrected chi connectivity index (χ3v) is 3.79. The van der Waals surface area contributed by atoms with Gasteiger partial charge in [0.05, 0.1) is 6.61 Å². The molecular formula is C13H13N3O8. The van der Waals surface area contributed by atoms with Crippen molar-refractivity contribution in [1.82, 2.24) is 9.55 Å². The molecule has 1 aromatic heterocycles. The standard InChI is InChI=1S/C13H13N3O8/c17-4-6-9(20)10(21)12(24-6)15-3-5(11(22)14-13(15)23)16-7(18)1-2-8(16)19/h1-3,6,9-10,12,17,20-21H,4H2,(H,14,22,23)/t6-,9-,10-,12-/m1/s1. The van der Waals surface area contributed by atoms with E-state index in [2.05, 4.69) is 0 Å².